The zero-order valence-electron chi connectivity index (χ0n) is 11.6. The Morgan fingerprint density at radius 3 is 2.95 bits per heavy atom. The van der Waals surface area contributed by atoms with E-state index in [1.54, 1.807) is 18.7 Å². The minimum Gasteiger partial charge on any atom is -0.339 e. The van der Waals surface area contributed by atoms with Crippen molar-refractivity contribution in [1.29, 1.82) is 0 Å². The molecule has 3 rings (SSSR count). The van der Waals surface area contributed by atoms with Gasteiger partial charge in [-0.3, -0.25) is 9.48 Å². The molecule has 2 aromatic heterocycles. The summed E-state index contributed by atoms with van der Waals surface area (Å²) < 4.78 is 3.81. The van der Waals surface area contributed by atoms with Crippen LogP contribution in [0.4, 0.5) is 0 Å². The summed E-state index contributed by atoms with van der Waals surface area (Å²) in [6.45, 7) is 3.48. The molecule has 0 N–H and O–H groups in total. The molecule has 0 radical (unpaired) electrons. The van der Waals surface area contributed by atoms with Gasteiger partial charge >= 0.3 is 0 Å². The molecule has 1 aliphatic heterocycles. The molecule has 0 aromatic carbocycles. The second-order valence-electron chi connectivity index (χ2n) is 5.25. The first-order valence-corrected chi connectivity index (χ1v) is 7.01. The molecule has 1 amide bonds. The van der Waals surface area contributed by atoms with Gasteiger partial charge in [-0.25, -0.2) is 4.98 Å². The van der Waals surface area contributed by atoms with Gasteiger partial charge in [0, 0.05) is 37.9 Å². The van der Waals surface area contributed by atoms with Gasteiger partial charge in [-0.15, -0.1) is 0 Å². The van der Waals surface area contributed by atoms with Gasteiger partial charge in [0.25, 0.3) is 0 Å². The van der Waals surface area contributed by atoms with E-state index in [2.05, 4.69) is 10.1 Å². The molecule has 1 aliphatic rings. The fourth-order valence-electron chi connectivity index (χ4n) is 2.76. The van der Waals surface area contributed by atoms with Crippen LogP contribution in [0.5, 0.6) is 0 Å². The van der Waals surface area contributed by atoms with Crippen molar-refractivity contribution in [2.75, 3.05) is 13.1 Å². The summed E-state index contributed by atoms with van der Waals surface area (Å²) >= 11 is 0. The third-order valence-electron chi connectivity index (χ3n) is 3.94. The van der Waals surface area contributed by atoms with E-state index in [9.17, 15) is 4.79 Å². The highest BCUT2D eigenvalue weighted by molar-refractivity contribution is 5.80. The van der Waals surface area contributed by atoms with Crippen molar-refractivity contribution in [1.82, 2.24) is 24.2 Å². The first kappa shape index (κ1) is 12.9. The molecule has 0 aliphatic carbocycles. The van der Waals surface area contributed by atoms with Crippen molar-refractivity contribution in [3.05, 3.63) is 37.2 Å². The highest BCUT2D eigenvalue weighted by Crippen LogP contribution is 2.22. The summed E-state index contributed by atoms with van der Waals surface area (Å²) in [5.41, 5.74) is 0. The molecule has 106 valence electrons. The minimum atomic E-state index is -0.200. The maximum absolute atomic E-state index is 12.6. The lowest BCUT2D eigenvalue weighted by Crippen LogP contribution is -2.43. The smallest absolute Gasteiger partial charge is 0.245 e. The molecular weight excluding hydrogens is 254 g/mol. The van der Waals surface area contributed by atoms with E-state index in [0.29, 0.717) is 0 Å². The molecule has 3 heterocycles. The molecule has 1 saturated heterocycles. The molecule has 20 heavy (non-hydrogen) atoms. The summed E-state index contributed by atoms with van der Waals surface area (Å²) in [6, 6.07) is 2.01. The Balaban J connectivity index is 1.69. The number of amides is 1. The SMILES string of the molecule is CC(C(=O)N1CCCC(n2cccn2)C1)n1ccnc1. The Hall–Kier alpha value is -2.11. The normalized spacial score (nSPS) is 20.9. The second-order valence-corrected chi connectivity index (χ2v) is 5.25. The minimum absolute atomic E-state index is 0.153. The number of likely N-dealkylation sites (tertiary alicyclic amines) is 1. The van der Waals surface area contributed by atoms with E-state index in [0.717, 1.165) is 25.9 Å². The molecule has 6 nitrogen and oxygen atoms in total. The van der Waals surface area contributed by atoms with Crippen LogP contribution in [0.1, 0.15) is 31.8 Å². The van der Waals surface area contributed by atoms with Crippen molar-refractivity contribution in [2.45, 2.75) is 31.8 Å². The molecule has 2 aromatic rings. The van der Waals surface area contributed by atoms with Gasteiger partial charge in [0.2, 0.25) is 5.91 Å². The predicted molar refractivity (Wildman–Crippen MR) is 74.0 cm³/mol. The van der Waals surface area contributed by atoms with Crippen molar-refractivity contribution in [2.24, 2.45) is 0 Å². The van der Waals surface area contributed by atoms with Gasteiger partial charge in [-0.1, -0.05) is 0 Å². The van der Waals surface area contributed by atoms with Crippen LogP contribution in [0.2, 0.25) is 0 Å². The summed E-state index contributed by atoms with van der Waals surface area (Å²) in [5.74, 6) is 0.153. The van der Waals surface area contributed by atoms with E-state index in [1.807, 2.05) is 39.5 Å². The monoisotopic (exact) mass is 273 g/mol. The van der Waals surface area contributed by atoms with E-state index < -0.39 is 0 Å². The Bertz CT molecular complexity index is 548. The Kier molecular flexibility index (Phi) is 3.54. The number of rotatable bonds is 3. The van der Waals surface area contributed by atoms with Crippen molar-refractivity contribution in [3.63, 3.8) is 0 Å². The topological polar surface area (TPSA) is 56.0 Å². The molecule has 6 heteroatoms. The standard InChI is InChI=1S/C14H19N5O/c1-12(18-9-6-15-11-18)14(20)17-7-2-4-13(10-17)19-8-3-5-16-19/h3,5-6,8-9,11-13H,2,4,7,10H2,1H3. The fourth-order valence-corrected chi connectivity index (χ4v) is 2.76. The largest absolute Gasteiger partial charge is 0.339 e. The van der Waals surface area contributed by atoms with Gasteiger partial charge in [0.15, 0.2) is 0 Å². The lowest BCUT2D eigenvalue weighted by molar-refractivity contribution is -0.136. The molecule has 2 atom stereocenters. The fraction of sp³-hybridized carbons (Fsp3) is 0.500. The maximum atomic E-state index is 12.6. The van der Waals surface area contributed by atoms with E-state index in [-0.39, 0.29) is 18.0 Å². The zero-order valence-corrected chi connectivity index (χ0v) is 11.6. The van der Waals surface area contributed by atoms with E-state index in [4.69, 9.17) is 0 Å². The molecule has 0 saturated carbocycles. The highest BCUT2D eigenvalue weighted by Gasteiger charge is 2.28. The van der Waals surface area contributed by atoms with E-state index in [1.165, 1.54) is 0 Å². The van der Waals surface area contributed by atoms with Gasteiger partial charge in [0.05, 0.1) is 12.4 Å². The number of nitrogens with zero attached hydrogens (tertiary/aromatic N) is 5. The molecule has 0 bridgehead atoms. The average molecular weight is 273 g/mol. The molecule has 2 unspecified atom stereocenters. The van der Waals surface area contributed by atoms with E-state index >= 15 is 0 Å². The number of imidazole rings is 1. The third-order valence-corrected chi connectivity index (χ3v) is 3.94. The van der Waals surface area contributed by atoms with Crippen LogP contribution >= 0.6 is 0 Å². The Morgan fingerprint density at radius 2 is 2.25 bits per heavy atom. The van der Waals surface area contributed by atoms with Crippen LogP contribution in [0.25, 0.3) is 0 Å². The van der Waals surface area contributed by atoms with Gasteiger partial charge < -0.3 is 9.47 Å². The summed E-state index contributed by atoms with van der Waals surface area (Å²) in [6.07, 6.45) is 11.1. The summed E-state index contributed by atoms with van der Waals surface area (Å²) in [5, 5.41) is 4.29. The predicted octanol–water partition coefficient (Wildman–Crippen LogP) is 1.50. The summed E-state index contributed by atoms with van der Waals surface area (Å²) in [4.78, 5) is 18.5. The van der Waals surface area contributed by atoms with Crippen molar-refractivity contribution in [3.8, 4) is 0 Å². The van der Waals surface area contributed by atoms with Crippen LogP contribution in [-0.4, -0.2) is 43.2 Å². The van der Waals surface area contributed by atoms with Gasteiger partial charge in [-0.05, 0) is 25.8 Å². The number of carbonyl (C=O) groups is 1. The first-order chi connectivity index (χ1) is 9.75. The molecule has 0 spiro atoms. The quantitative estimate of drug-likeness (QED) is 0.851. The number of piperidine rings is 1. The van der Waals surface area contributed by atoms with Crippen LogP contribution in [0.3, 0.4) is 0 Å². The molecule has 1 fully saturated rings. The lowest BCUT2D eigenvalue weighted by atomic mass is 10.1. The first-order valence-electron chi connectivity index (χ1n) is 7.01. The van der Waals surface area contributed by atoms with Gasteiger partial charge in [-0.2, -0.15) is 5.10 Å². The average Bonchev–Trinajstić information content (AvgIpc) is 3.18. The van der Waals surface area contributed by atoms with Crippen molar-refractivity contribution >= 4 is 5.91 Å². The van der Waals surface area contributed by atoms with Crippen LogP contribution in [-0.2, 0) is 4.79 Å². The molecular formula is C14H19N5O. The number of hydrogen-bond acceptors (Lipinski definition) is 3. The lowest BCUT2D eigenvalue weighted by Gasteiger charge is -2.34. The number of carbonyl (C=O) groups excluding carboxylic acids is 1. The zero-order chi connectivity index (χ0) is 13.9. The summed E-state index contributed by atoms with van der Waals surface area (Å²) in [7, 11) is 0. The Morgan fingerprint density at radius 1 is 1.35 bits per heavy atom. The van der Waals surface area contributed by atoms with Crippen LogP contribution < -0.4 is 0 Å². The van der Waals surface area contributed by atoms with Crippen molar-refractivity contribution < 1.29 is 4.79 Å². The van der Waals surface area contributed by atoms with Crippen LogP contribution in [0, 0.1) is 0 Å². The maximum Gasteiger partial charge on any atom is 0.245 e. The third kappa shape index (κ3) is 2.45. The van der Waals surface area contributed by atoms with Gasteiger partial charge in [0.1, 0.15) is 6.04 Å². The number of hydrogen-bond donors (Lipinski definition) is 0. The highest BCUT2D eigenvalue weighted by atomic mass is 16.2. The van der Waals surface area contributed by atoms with Crippen LogP contribution in [0.15, 0.2) is 37.2 Å². The number of aromatic nitrogens is 4. The Labute approximate surface area is 118 Å². The second kappa shape index (κ2) is 5.48.